The van der Waals surface area contributed by atoms with Gasteiger partial charge in [0.2, 0.25) is 0 Å². The van der Waals surface area contributed by atoms with Crippen LogP contribution in [0.1, 0.15) is 18.1 Å². The Balaban J connectivity index is 2.18. The van der Waals surface area contributed by atoms with E-state index < -0.39 is 0 Å². The Labute approximate surface area is 114 Å². The fraction of sp³-hybridized carbons (Fsp3) is 0.533. The fourth-order valence-corrected chi connectivity index (χ4v) is 3.18. The van der Waals surface area contributed by atoms with E-state index in [0.29, 0.717) is 0 Å². The number of likely N-dealkylation sites (N-methyl/N-ethyl adjacent to an activating group) is 1. The molecule has 1 fully saturated rings. The molecule has 0 bridgehead atoms. The number of hydrogen-bond donors (Lipinski definition) is 1. The standard InChI is InChI=1S/C15H21N3O/c1-4-17-14-11(3)10(2)5-6-12(14)18-8-7-16-9-13(18)15(17)19/h5-6,13,16H,4,7-9H2,1-3H3. The molecule has 3 rings (SSSR count). The van der Waals surface area contributed by atoms with Crippen LogP contribution < -0.4 is 15.1 Å². The zero-order chi connectivity index (χ0) is 13.6. The Bertz CT molecular complexity index is 526. The second-order valence-corrected chi connectivity index (χ2v) is 5.37. The molecule has 0 aliphatic carbocycles. The average molecular weight is 259 g/mol. The van der Waals surface area contributed by atoms with Crippen LogP contribution >= 0.6 is 0 Å². The molecule has 4 heteroatoms. The van der Waals surface area contributed by atoms with Crippen molar-refractivity contribution in [1.82, 2.24) is 5.32 Å². The molecule has 102 valence electrons. The van der Waals surface area contributed by atoms with E-state index in [4.69, 9.17) is 0 Å². The van der Waals surface area contributed by atoms with E-state index in [9.17, 15) is 4.79 Å². The van der Waals surface area contributed by atoms with Crippen LogP contribution in [0, 0.1) is 13.8 Å². The summed E-state index contributed by atoms with van der Waals surface area (Å²) in [4.78, 5) is 16.9. The molecule has 0 saturated carbocycles. The van der Waals surface area contributed by atoms with Gasteiger partial charge < -0.3 is 15.1 Å². The number of benzene rings is 1. The summed E-state index contributed by atoms with van der Waals surface area (Å²) in [7, 11) is 0. The first-order valence-corrected chi connectivity index (χ1v) is 7.04. The Morgan fingerprint density at radius 3 is 2.89 bits per heavy atom. The summed E-state index contributed by atoms with van der Waals surface area (Å²) in [6, 6.07) is 4.30. The van der Waals surface area contributed by atoms with Gasteiger partial charge in [0.05, 0.1) is 11.4 Å². The molecule has 2 aliphatic rings. The third-order valence-corrected chi connectivity index (χ3v) is 4.37. The van der Waals surface area contributed by atoms with Crippen LogP contribution in [-0.4, -0.2) is 38.1 Å². The van der Waals surface area contributed by atoms with Crippen molar-refractivity contribution in [2.45, 2.75) is 26.8 Å². The van der Waals surface area contributed by atoms with E-state index >= 15 is 0 Å². The van der Waals surface area contributed by atoms with Gasteiger partial charge in [0.1, 0.15) is 6.04 Å². The highest BCUT2D eigenvalue weighted by molar-refractivity contribution is 6.06. The van der Waals surface area contributed by atoms with Crippen molar-refractivity contribution < 1.29 is 4.79 Å². The van der Waals surface area contributed by atoms with E-state index in [1.807, 2.05) is 4.90 Å². The highest BCUT2D eigenvalue weighted by Crippen LogP contribution is 2.40. The summed E-state index contributed by atoms with van der Waals surface area (Å²) in [6.07, 6.45) is 0. The molecule has 1 unspecified atom stereocenters. The zero-order valence-corrected chi connectivity index (χ0v) is 11.9. The molecule has 1 N–H and O–H groups in total. The third-order valence-electron chi connectivity index (χ3n) is 4.37. The minimum absolute atomic E-state index is 0.0386. The topological polar surface area (TPSA) is 35.6 Å². The number of fused-ring (bicyclic) bond motifs is 3. The lowest BCUT2D eigenvalue weighted by Gasteiger charge is -2.46. The molecule has 1 atom stereocenters. The number of nitrogens with zero attached hydrogens (tertiary/aromatic N) is 2. The molecule has 4 nitrogen and oxygen atoms in total. The highest BCUT2D eigenvalue weighted by atomic mass is 16.2. The molecular formula is C15H21N3O. The number of rotatable bonds is 1. The minimum atomic E-state index is -0.0386. The zero-order valence-electron chi connectivity index (χ0n) is 11.9. The van der Waals surface area contributed by atoms with Crippen molar-refractivity contribution in [3.05, 3.63) is 23.3 Å². The minimum Gasteiger partial charge on any atom is -0.355 e. The lowest BCUT2D eigenvalue weighted by molar-refractivity contribution is -0.120. The van der Waals surface area contributed by atoms with E-state index in [0.717, 1.165) is 31.9 Å². The molecule has 1 saturated heterocycles. The average Bonchev–Trinajstić information content (AvgIpc) is 2.44. The maximum atomic E-state index is 12.7. The maximum absolute atomic E-state index is 12.7. The van der Waals surface area contributed by atoms with Crippen LogP contribution in [0.2, 0.25) is 0 Å². The first-order chi connectivity index (χ1) is 9.15. The van der Waals surface area contributed by atoms with Crippen LogP contribution in [0.15, 0.2) is 12.1 Å². The maximum Gasteiger partial charge on any atom is 0.251 e. The van der Waals surface area contributed by atoms with Crippen LogP contribution in [0.3, 0.4) is 0 Å². The van der Waals surface area contributed by atoms with Gasteiger partial charge in [0.15, 0.2) is 0 Å². The summed E-state index contributed by atoms with van der Waals surface area (Å²) in [5.74, 6) is 0.232. The number of hydrogen-bond acceptors (Lipinski definition) is 3. The van der Waals surface area contributed by atoms with Crippen molar-refractivity contribution in [3.8, 4) is 0 Å². The number of aryl methyl sites for hydroxylation is 1. The molecule has 1 amide bonds. The predicted molar refractivity (Wildman–Crippen MR) is 77.9 cm³/mol. The van der Waals surface area contributed by atoms with Gasteiger partial charge in [-0.2, -0.15) is 0 Å². The molecule has 19 heavy (non-hydrogen) atoms. The monoisotopic (exact) mass is 259 g/mol. The summed E-state index contributed by atoms with van der Waals surface area (Å²) < 4.78 is 0. The summed E-state index contributed by atoms with van der Waals surface area (Å²) >= 11 is 0. The molecule has 1 aromatic rings. The van der Waals surface area contributed by atoms with Crippen molar-refractivity contribution >= 4 is 17.3 Å². The van der Waals surface area contributed by atoms with E-state index in [-0.39, 0.29) is 11.9 Å². The largest absolute Gasteiger partial charge is 0.355 e. The molecule has 0 aromatic heterocycles. The molecule has 0 radical (unpaired) electrons. The Morgan fingerprint density at radius 2 is 2.16 bits per heavy atom. The van der Waals surface area contributed by atoms with Crippen LogP contribution in [0.25, 0.3) is 0 Å². The Morgan fingerprint density at radius 1 is 1.37 bits per heavy atom. The van der Waals surface area contributed by atoms with Crippen molar-refractivity contribution in [2.75, 3.05) is 36.0 Å². The van der Waals surface area contributed by atoms with Crippen molar-refractivity contribution in [3.63, 3.8) is 0 Å². The van der Waals surface area contributed by atoms with Gasteiger partial charge in [-0.25, -0.2) is 0 Å². The number of piperazine rings is 1. The van der Waals surface area contributed by atoms with E-state index in [1.165, 1.54) is 16.8 Å². The van der Waals surface area contributed by atoms with Crippen LogP contribution in [0.5, 0.6) is 0 Å². The summed E-state index contributed by atoms with van der Waals surface area (Å²) in [5.41, 5.74) is 4.81. The van der Waals surface area contributed by atoms with Crippen molar-refractivity contribution in [1.29, 1.82) is 0 Å². The van der Waals surface area contributed by atoms with Crippen LogP contribution in [0.4, 0.5) is 11.4 Å². The SMILES string of the molecule is CCN1C(=O)C2CNCCN2c2ccc(C)c(C)c21. The highest BCUT2D eigenvalue weighted by Gasteiger charge is 2.39. The molecule has 2 aliphatic heterocycles. The van der Waals surface area contributed by atoms with Gasteiger partial charge in [0, 0.05) is 26.2 Å². The van der Waals surface area contributed by atoms with Gasteiger partial charge >= 0.3 is 0 Å². The fourth-order valence-electron chi connectivity index (χ4n) is 3.18. The number of nitrogens with one attached hydrogen (secondary N) is 1. The number of carbonyl (C=O) groups excluding carboxylic acids is 1. The Kier molecular flexibility index (Phi) is 2.97. The molecule has 1 aromatic carbocycles. The lowest BCUT2D eigenvalue weighted by atomic mass is 9.98. The van der Waals surface area contributed by atoms with Gasteiger partial charge in [-0.3, -0.25) is 4.79 Å². The predicted octanol–water partition coefficient (Wildman–Crippen LogP) is 1.45. The van der Waals surface area contributed by atoms with Crippen molar-refractivity contribution in [2.24, 2.45) is 0 Å². The third kappa shape index (κ3) is 1.74. The van der Waals surface area contributed by atoms with Crippen LogP contribution in [-0.2, 0) is 4.79 Å². The first kappa shape index (κ1) is 12.5. The van der Waals surface area contributed by atoms with E-state index in [2.05, 4.69) is 43.1 Å². The van der Waals surface area contributed by atoms with Gasteiger partial charge in [-0.05, 0) is 38.0 Å². The number of anilines is 2. The molecule has 0 spiro atoms. The summed E-state index contributed by atoms with van der Waals surface area (Å²) in [6.45, 7) is 9.62. The quantitative estimate of drug-likeness (QED) is 0.829. The van der Waals surface area contributed by atoms with Gasteiger partial charge in [0.25, 0.3) is 5.91 Å². The smallest absolute Gasteiger partial charge is 0.251 e. The molecule has 2 heterocycles. The Hall–Kier alpha value is -1.55. The number of amides is 1. The lowest BCUT2D eigenvalue weighted by Crippen LogP contribution is -2.62. The second-order valence-electron chi connectivity index (χ2n) is 5.37. The summed E-state index contributed by atoms with van der Waals surface area (Å²) in [5, 5.41) is 3.33. The second kappa shape index (κ2) is 4.53. The van der Waals surface area contributed by atoms with Gasteiger partial charge in [-0.1, -0.05) is 6.07 Å². The first-order valence-electron chi connectivity index (χ1n) is 7.04. The van der Waals surface area contributed by atoms with Gasteiger partial charge in [-0.15, -0.1) is 0 Å². The van der Waals surface area contributed by atoms with E-state index in [1.54, 1.807) is 0 Å². The normalized spacial score (nSPS) is 22.3. The number of carbonyl (C=O) groups is 1. The molecular weight excluding hydrogens is 238 g/mol.